The lowest BCUT2D eigenvalue weighted by atomic mass is 10.3. The first-order chi connectivity index (χ1) is 8.81. The lowest BCUT2D eigenvalue weighted by Crippen LogP contribution is -2.02. The Balaban J connectivity index is 2.37. The summed E-state index contributed by atoms with van der Waals surface area (Å²) < 4.78 is 3.16. The number of alkyl halides is 1. The van der Waals surface area contributed by atoms with E-state index in [4.69, 9.17) is 11.6 Å². The number of halogens is 2. The van der Waals surface area contributed by atoms with Gasteiger partial charge in [0.15, 0.2) is 5.65 Å². The van der Waals surface area contributed by atoms with Crippen LogP contribution in [0.3, 0.4) is 0 Å². The third-order valence-electron chi connectivity index (χ3n) is 2.70. The van der Waals surface area contributed by atoms with Crippen LogP contribution >= 0.6 is 34.2 Å². The van der Waals surface area contributed by atoms with Crippen LogP contribution in [0.4, 0.5) is 0 Å². The highest BCUT2D eigenvalue weighted by Crippen LogP contribution is 2.24. The van der Waals surface area contributed by atoms with Crippen molar-refractivity contribution in [1.82, 2.24) is 14.5 Å². The van der Waals surface area contributed by atoms with Crippen LogP contribution in [-0.2, 0) is 5.88 Å². The van der Waals surface area contributed by atoms with Crippen molar-refractivity contribution in [2.24, 2.45) is 0 Å². The Morgan fingerprint density at radius 3 is 2.78 bits per heavy atom. The van der Waals surface area contributed by atoms with Crippen molar-refractivity contribution >= 4 is 45.4 Å². The number of fused-ring (bicyclic) bond motifs is 1. The van der Waals surface area contributed by atoms with E-state index in [0.29, 0.717) is 5.88 Å². The van der Waals surface area contributed by atoms with Gasteiger partial charge in [0, 0.05) is 9.77 Å². The van der Waals surface area contributed by atoms with Gasteiger partial charge in [0.1, 0.15) is 11.3 Å². The number of imidazole rings is 1. The second-order valence-electron chi connectivity index (χ2n) is 3.79. The lowest BCUT2D eigenvalue weighted by Gasteiger charge is -2.08. The number of hydrogen-bond acceptors (Lipinski definition) is 2. The van der Waals surface area contributed by atoms with Gasteiger partial charge in [0.05, 0.1) is 11.6 Å². The summed E-state index contributed by atoms with van der Waals surface area (Å²) in [6.45, 7) is 0. The van der Waals surface area contributed by atoms with Crippen LogP contribution in [0.2, 0.25) is 0 Å². The molecule has 0 atom stereocenters. The maximum Gasteiger partial charge on any atom is 0.164 e. The maximum atomic E-state index is 5.99. The van der Waals surface area contributed by atoms with Gasteiger partial charge in [-0.3, -0.25) is 4.57 Å². The number of para-hydroxylation sites is 1. The average molecular weight is 370 g/mol. The summed E-state index contributed by atoms with van der Waals surface area (Å²) in [6, 6.07) is 12.0. The molecule has 0 saturated carbocycles. The molecule has 0 radical (unpaired) electrons. The van der Waals surface area contributed by atoms with Crippen molar-refractivity contribution < 1.29 is 0 Å². The molecule has 2 aromatic heterocycles. The third-order valence-corrected chi connectivity index (χ3v) is 3.85. The van der Waals surface area contributed by atoms with E-state index in [9.17, 15) is 0 Å². The summed E-state index contributed by atoms with van der Waals surface area (Å²) in [5.74, 6) is 1.18. The van der Waals surface area contributed by atoms with Crippen LogP contribution in [-0.4, -0.2) is 14.5 Å². The van der Waals surface area contributed by atoms with Crippen LogP contribution in [0.1, 0.15) is 5.82 Å². The molecule has 0 aliphatic carbocycles. The minimum atomic E-state index is 0.362. The third kappa shape index (κ3) is 1.89. The zero-order valence-electron chi connectivity index (χ0n) is 9.35. The van der Waals surface area contributed by atoms with Crippen LogP contribution in [0.15, 0.2) is 42.6 Å². The molecule has 3 rings (SSSR count). The van der Waals surface area contributed by atoms with Crippen molar-refractivity contribution in [3.63, 3.8) is 0 Å². The number of pyridine rings is 1. The van der Waals surface area contributed by atoms with Crippen molar-refractivity contribution in [2.45, 2.75) is 5.88 Å². The summed E-state index contributed by atoms with van der Waals surface area (Å²) in [4.78, 5) is 8.92. The SMILES string of the molecule is ClCc1nc2cccnc2n1-c1ccccc1I. The average Bonchev–Trinajstić information content (AvgIpc) is 2.78. The fraction of sp³-hybridized carbons (Fsp3) is 0.0769. The molecular formula is C13H9ClIN3. The van der Waals surface area contributed by atoms with Gasteiger partial charge < -0.3 is 0 Å². The first-order valence-corrected chi connectivity index (χ1v) is 7.06. The van der Waals surface area contributed by atoms with Gasteiger partial charge in [-0.25, -0.2) is 9.97 Å². The van der Waals surface area contributed by atoms with E-state index < -0.39 is 0 Å². The summed E-state index contributed by atoms with van der Waals surface area (Å²) in [6.07, 6.45) is 1.77. The summed E-state index contributed by atoms with van der Waals surface area (Å²) in [5.41, 5.74) is 2.78. The number of hydrogen-bond donors (Lipinski definition) is 0. The number of rotatable bonds is 2. The Bertz CT molecular complexity index is 708. The fourth-order valence-electron chi connectivity index (χ4n) is 1.94. The van der Waals surface area contributed by atoms with Crippen molar-refractivity contribution in [3.8, 4) is 5.69 Å². The number of benzene rings is 1. The highest BCUT2D eigenvalue weighted by molar-refractivity contribution is 14.1. The van der Waals surface area contributed by atoms with Crippen molar-refractivity contribution in [3.05, 3.63) is 52.0 Å². The molecule has 0 N–H and O–H groups in total. The minimum absolute atomic E-state index is 0.362. The summed E-state index contributed by atoms with van der Waals surface area (Å²) in [5, 5.41) is 0. The van der Waals surface area contributed by atoms with Gasteiger partial charge in [-0.1, -0.05) is 12.1 Å². The van der Waals surface area contributed by atoms with E-state index >= 15 is 0 Å². The standard InChI is InChI=1S/C13H9ClIN3/c14-8-12-17-10-5-3-7-16-13(10)18(12)11-6-2-1-4-9(11)15/h1-7H,8H2. The Labute approximate surface area is 123 Å². The summed E-state index contributed by atoms with van der Waals surface area (Å²) >= 11 is 8.30. The Morgan fingerprint density at radius 1 is 1.17 bits per heavy atom. The van der Waals surface area contributed by atoms with E-state index in [0.717, 1.165) is 26.2 Å². The van der Waals surface area contributed by atoms with E-state index in [-0.39, 0.29) is 0 Å². The quantitative estimate of drug-likeness (QED) is 0.509. The predicted molar refractivity (Wildman–Crippen MR) is 81.1 cm³/mol. The van der Waals surface area contributed by atoms with Gasteiger partial charge in [0.25, 0.3) is 0 Å². The Kier molecular flexibility index (Phi) is 3.22. The zero-order valence-corrected chi connectivity index (χ0v) is 12.3. The molecule has 0 spiro atoms. The highest BCUT2D eigenvalue weighted by Gasteiger charge is 2.13. The molecule has 90 valence electrons. The van der Waals surface area contributed by atoms with Crippen LogP contribution in [0.5, 0.6) is 0 Å². The fourth-order valence-corrected chi connectivity index (χ4v) is 2.74. The molecule has 5 heteroatoms. The molecule has 0 aliphatic rings. The summed E-state index contributed by atoms with van der Waals surface area (Å²) in [7, 11) is 0. The molecule has 1 aromatic carbocycles. The molecule has 2 heterocycles. The van der Waals surface area contributed by atoms with Gasteiger partial charge in [-0.05, 0) is 46.9 Å². The molecule has 18 heavy (non-hydrogen) atoms. The number of nitrogens with zero attached hydrogens (tertiary/aromatic N) is 3. The van der Waals surface area contributed by atoms with E-state index in [1.165, 1.54) is 0 Å². The van der Waals surface area contributed by atoms with Crippen LogP contribution in [0.25, 0.3) is 16.9 Å². The molecule has 3 nitrogen and oxygen atoms in total. The molecule has 0 bridgehead atoms. The number of aromatic nitrogens is 3. The van der Waals surface area contributed by atoms with Crippen molar-refractivity contribution in [1.29, 1.82) is 0 Å². The molecule has 0 unspecified atom stereocenters. The van der Waals surface area contributed by atoms with Gasteiger partial charge in [-0.2, -0.15) is 0 Å². The van der Waals surface area contributed by atoms with Gasteiger partial charge in [0.2, 0.25) is 0 Å². The van der Waals surface area contributed by atoms with Gasteiger partial charge in [-0.15, -0.1) is 11.6 Å². The van der Waals surface area contributed by atoms with Crippen molar-refractivity contribution in [2.75, 3.05) is 0 Å². The molecule has 0 saturated heterocycles. The molecule has 0 aliphatic heterocycles. The Morgan fingerprint density at radius 2 is 2.00 bits per heavy atom. The normalized spacial score (nSPS) is 11.0. The second kappa shape index (κ2) is 4.85. The second-order valence-corrected chi connectivity index (χ2v) is 5.22. The largest absolute Gasteiger partial charge is 0.279 e. The maximum absolute atomic E-state index is 5.99. The molecule has 0 amide bonds. The molecule has 3 aromatic rings. The molecule has 0 fully saturated rings. The predicted octanol–water partition coefficient (Wildman–Crippen LogP) is 3.76. The highest BCUT2D eigenvalue weighted by atomic mass is 127. The lowest BCUT2D eigenvalue weighted by molar-refractivity contribution is 0.965. The van der Waals surface area contributed by atoms with E-state index in [2.05, 4.69) is 38.6 Å². The topological polar surface area (TPSA) is 30.7 Å². The van der Waals surface area contributed by atoms with Gasteiger partial charge >= 0.3 is 0 Å². The smallest absolute Gasteiger partial charge is 0.164 e. The zero-order chi connectivity index (χ0) is 12.5. The van der Waals surface area contributed by atoms with Crippen LogP contribution in [0, 0.1) is 3.57 Å². The van der Waals surface area contributed by atoms with E-state index in [1.807, 2.05) is 34.9 Å². The van der Waals surface area contributed by atoms with Crippen LogP contribution < -0.4 is 0 Å². The first-order valence-electron chi connectivity index (χ1n) is 5.44. The molecular weight excluding hydrogens is 361 g/mol. The monoisotopic (exact) mass is 369 g/mol. The Hall–Kier alpha value is -1.14. The van der Waals surface area contributed by atoms with E-state index in [1.54, 1.807) is 6.20 Å². The first kappa shape index (κ1) is 11.9. The minimum Gasteiger partial charge on any atom is -0.279 e.